The highest BCUT2D eigenvalue weighted by molar-refractivity contribution is 5.81. The maximum absolute atomic E-state index is 12.7. The van der Waals surface area contributed by atoms with Gasteiger partial charge in [-0.25, -0.2) is 4.79 Å². The summed E-state index contributed by atoms with van der Waals surface area (Å²) in [7, 11) is 0. The number of aromatic nitrogens is 2. The van der Waals surface area contributed by atoms with E-state index in [0.29, 0.717) is 39.4 Å². The molecule has 2 fully saturated rings. The third-order valence-corrected chi connectivity index (χ3v) is 5.31. The molecule has 8 nitrogen and oxygen atoms in total. The number of piperidine rings is 1. The Bertz CT molecular complexity index is 654. The van der Waals surface area contributed by atoms with E-state index in [2.05, 4.69) is 16.5 Å². The predicted molar refractivity (Wildman–Crippen MR) is 101 cm³/mol. The van der Waals surface area contributed by atoms with Gasteiger partial charge < -0.3 is 19.9 Å². The number of amides is 3. The third-order valence-electron chi connectivity index (χ3n) is 5.31. The third kappa shape index (κ3) is 5.22. The van der Waals surface area contributed by atoms with Crippen LogP contribution in [0.1, 0.15) is 30.7 Å². The molecule has 150 valence electrons. The van der Waals surface area contributed by atoms with Gasteiger partial charge in [0.25, 0.3) is 0 Å². The van der Waals surface area contributed by atoms with Gasteiger partial charge in [-0.15, -0.1) is 0 Å². The molecule has 0 saturated carbocycles. The second kappa shape index (κ2) is 9.21. The van der Waals surface area contributed by atoms with Crippen LogP contribution in [0.4, 0.5) is 4.79 Å². The molecule has 1 aromatic heterocycles. The molecule has 1 N–H and O–H groups in total. The van der Waals surface area contributed by atoms with Gasteiger partial charge in [0.15, 0.2) is 0 Å². The van der Waals surface area contributed by atoms with Gasteiger partial charge in [0.1, 0.15) is 0 Å². The summed E-state index contributed by atoms with van der Waals surface area (Å²) in [6, 6.07) is 1.99. The predicted octanol–water partition coefficient (Wildman–Crippen LogP) is 1.17. The number of carbonyl (C=O) groups excluding carboxylic acids is 2. The summed E-state index contributed by atoms with van der Waals surface area (Å²) in [6.07, 6.45) is 2.56. The van der Waals surface area contributed by atoms with Crippen molar-refractivity contribution in [2.24, 2.45) is 5.92 Å². The van der Waals surface area contributed by atoms with Gasteiger partial charge >= 0.3 is 6.03 Å². The van der Waals surface area contributed by atoms with E-state index in [1.165, 1.54) is 0 Å². The first-order valence-electron chi connectivity index (χ1n) is 9.95. The zero-order valence-corrected chi connectivity index (χ0v) is 16.4. The van der Waals surface area contributed by atoms with Crippen molar-refractivity contribution >= 4 is 11.9 Å². The molecule has 3 heterocycles. The number of rotatable bonds is 5. The number of likely N-dealkylation sites (tertiary alicyclic amines) is 1. The minimum atomic E-state index is -0.0858. The molecule has 1 unspecified atom stereocenters. The van der Waals surface area contributed by atoms with E-state index in [1.54, 1.807) is 4.90 Å². The summed E-state index contributed by atoms with van der Waals surface area (Å²) in [5.74, 6) is 0.0811. The Morgan fingerprint density at radius 1 is 1.22 bits per heavy atom. The SMILES string of the molecule is Cc1cc(C)n(CCCNC(=O)N2CCCC(C(=O)N3CCOCC3)C2)n1. The lowest BCUT2D eigenvalue weighted by Gasteiger charge is -2.36. The van der Waals surface area contributed by atoms with Crippen LogP contribution in [0, 0.1) is 19.8 Å². The Kier molecular flexibility index (Phi) is 6.71. The first-order valence-corrected chi connectivity index (χ1v) is 9.95. The lowest BCUT2D eigenvalue weighted by molar-refractivity contribution is -0.141. The summed E-state index contributed by atoms with van der Waals surface area (Å²) in [5, 5.41) is 7.42. The highest BCUT2D eigenvalue weighted by atomic mass is 16.5. The molecule has 0 spiro atoms. The zero-order valence-electron chi connectivity index (χ0n) is 16.4. The number of nitrogens with one attached hydrogen (secondary N) is 1. The molecule has 0 radical (unpaired) electrons. The number of carbonyl (C=O) groups is 2. The summed E-state index contributed by atoms with van der Waals surface area (Å²) < 4.78 is 7.29. The van der Waals surface area contributed by atoms with E-state index in [1.807, 2.05) is 23.4 Å². The van der Waals surface area contributed by atoms with Gasteiger partial charge in [0.2, 0.25) is 5.91 Å². The molecule has 2 saturated heterocycles. The molecule has 0 bridgehead atoms. The molecule has 1 aromatic rings. The number of hydrogen-bond acceptors (Lipinski definition) is 4. The molecule has 1 atom stereocenters. The van der Waals surface area contributed by atoms with Crippen molar-refractivity contribution in [3.63, 3.8) is 0 Å². The van der Waals surface area contributed by atoms with Crippen LogP contribution < -0.4 is 5.32 Å². The van der Waals surface area contributed by atoms with E-state index in [4.69, 9.17) is 4.74 Å². The van der Waals surface area contributed by atoms with Crippen molar-refractivity contribution in [2.75, 3.05) is 45.9 Å². The van der Waals surface area contributed by atoms with Gasteiger partial charge in [-0.2, -0.15) is 5.10 Å². The van der Waals surface area contributed by atoms with E-state index >= 15 is 0 Å². The molecule has 3 amide bonds. The van der Waals surface area contributed by atoms with Crippen LogP contribution in [0.3, 0.4) is 0 Å². The standard InChI is InChI=1S/C19H31N5O3/c1-15-13-16(2)24(21-15)8-4-6-20-19(26)23-7-3-5-17(14-23)18(25)22-9-11-27-12-10-22/h13,17H,3-12,14H2,1-2H3,(H,20,26). The van der Waals surface area contributed by atoms with E-state index in [0.717, 1.165) is 43.7 Å². The quantitative estimate of drug-likeness (QED) is 0.781. The average Bonchev–Trinajstić information content (AvgIpc) is 3.02. The lowest BCUT2D eigenvalue weighted by atomic mass is 9.96. The fourth-order valence-corrected chi connectivity index (χ4v) is 3.84. The highest BCUT2D eigenvalue weighted by Gasteiger charge is 2.31. The Morgan fingerprint density at radius 3 is 2.70 bits per heavy atom. The Morgan fingerprint density at radius 2 is 2.00 bits per heavy atom. The van der Waals surface area contributed by atoms with Gasteiger partial charge in [-0.05, 0) is 39.2 Å². The minimum absolute atomic E-state index is 0.0668. The van der Waals surface area contributed by atoms with E-state index in [9.17, 15) is 9.59 Å². The largest absolute Gasteiger partial charge is 0.378 e. The molecule has 2 aliphatic heterocycles. The molecule has 8 heteroatoms. The van der Waals surface area contributed by atoms with Crippen LogP contribution >= 0.6 is 0 Å². The van der Waals surface area contributed by atoms with Crippen LogP contribution in [0.2, 0.25) is 0 Å². The van der Waals surface area contributed by atoms with Crippen molar-refractivity contribution in [2.45, 2.75) is 39.7 Å². The second-order valence-electron chi connectivity index (χ2n) is 7.46. The van der Waals surface area contributed by atoms with Gasteiger partial charge in [0, 0.05) is 45.0 Å². The topological polar surface area (TPSA) is 79.7 Å². The Hall–Kier alpha value is -2.09. The number of morpholine rings is 1. The molecule has 2 aliphatic rings. The maximum atomic E-state index is 12.7. The lowest BCUT2D eigenvalue weighted by Crippen LogP contribution is -2.51. The maximum Gasteiger partial charge on any atom is 0.317 e. The van der Waals surface area contributed by atoms with Gasteiger partial charge in [-0.3, -0.25) is 9.48 Å². The van der Waals surface area contributed by atoms with Crippen LogP contribution in [-0.2, 0) is 16.1 Å². The van der Waals surface area contributed by atoms with Crippen LogP contribution in [0.15, 0.2) is 6.07 Å². The number of ether oxygens (including phenoxy) is 1. The summed E-state index contributed by atoms with van der Waals surface area (Å²) in [4.78, 5) is 28.8. The fraction of sp³-hybridized carbons (Fsp3) is 0.737. The second-order valence-corrected chi connectivity index (χ2v) is 7.46. The van der Waals surface area contributed by atoms with Gasteiger partial charge in [0.05, 0.1) is 24.8 Å². The fourth-order valence-electron chi connectivity index (χ4n) is 3.84. The minimum Gasteiger partial charge on any atom is -0.378 e. The number of hydrogen-bond donors (Lipinski definition) is 1. The normalized spacial score (nSPS) is 20.6. The molecule has 0 aliphatic carbocycles. The van der Waals surface area contributed by atoms with E-state index < -0.39 is 0 Å². The Balaban J connectivity index is 1.41. The monoisotopic (exact) mass is 377 g/mol. The molecular weight excluding hydrogens is 346 g/mol. The first kappa shape index (κ1) is 19.7. The number of nitrogens with zero attached hydrogens (tertiary/aromatic N) is 4. The summed E-state index contributed by atoms with van der Waals surface area (Å²) >= 11 is 0. The number of urea groups is 1. The van der Waals surface area contributed by atoms with Crippen molar-refractivity contribution < 1.29 is 14.3 Å². The zero-order chi connectivity index (χ0) is 19.2. The summed E-state index contributed by atoms with van der Waals surface area (Å²) in [6.45, 7) is 9.19. The van der Waals surface area contributed by atoms with Crippen LogP contribution in [0.5, 0.6) is 0 Å². The van der Waals surface area contributed by atoms with Gasteiger partial charge in [-0.1, -0.05) is 0 Å². The van der Waals surface area contributed by atoms with Crippen LogP contribution in [0.25, 0.3) is 0 Å². The molecule has 0 aromatic carbocycles. The average molecular weight is 377 g/mol. The summed E-state index contributed by atoms with van der Waals surface area (Å²) in [5.41, 5.74) is 2.15. The number of aryl methyl sites for hydroxylation is 3. The highest BCUT2D eigenvalue weighted by Crippen LogP contribution is 2.19. The molecular formula is C19H31N5O3. The smallest absolute Gasteiger partial charge is 0.317 e. The van der Waals surface area contributed by atoms with Crippen molar-refractivity contribution in [1.29, 1.82) is 0 Å². The first-order chi connectivity index (χ1) is 13.0. The van der Waals surface area contributed by atoms with Crippen molar-refractivity contribution in [3.05, 3.63) is 17.5 Å². The van der Waals surface area contributed by atoms with Crippen molar-refractivity contribution in [3.8, 4) is 0 Å². The van der Waals surface area contributed by atoms with Crippen molar-refractivity contribution in [1.82, 2.24) is 24.9 Å². The van der Waals surface area contributed by atoms with E-state index in [-0.39, 0.29) is 17.9 Å². The Labute approximate surface area is 160 Å². The molecule has 27 heavy (non-hydrogen) atoms. The van der Waals surface area contributed by atoms with Crippen LogP contribution in [-0.4, -0.2) is 77.5 Å². The molecule has 3 rings (SSSR count).